The topological polar surface area (TPSA) is 84.1 Å². The van der Waals surface area contributed by atoms with Crippen molar-refractivity contribution in [3.63, 3.8) is 0 Å². The first-order chi connectivity index (χ1) is 7.15. The maximum absolute atomic E-state index is 9.33. The Hall–Kier alpha value is -1.01. The third-order valence-corrected chi connectivity index (χ3v) is 2.53. The van der Waals surface area contributed by atoms with Crippen LogP contribution in [0.5, 0.6) is 0 Å². The van der Waals surface area contributed by atoms with Crippen molar-refractivity contribution in [3.05, 3.63) is 5.82 Å². The van der Waals surface area contributed by atoms with Crippen molar-refractivity contribution in [2.24, 2.45) is 12.5 Å². The van der Waals surface area contributed by atoms with E-state index in [0.29, 0.717) is 12.2 Å². The Morgan fingerprint density at radius 1 is 1.33 bits per heavy atom. The fourth-order valence-electron chi connectivity index (χ4n) is 1.67. The lowest BCUT2D eigenvalue weighted by Crippen LogP contribution is -2.32. The van der Waals surface area contributed by atoms with Gasteiger partial charge in [-0.15, -0.1) is 10.2 Å². The molecular formula is C9H18N4O2. The molecule has 2 N–H and O–H groups in total. The van der Waals surface area contributed by atoms with Crippen molar-refractivity contribution in [3.8, 4) is 0 Å². The molecule has 0 saturated heterocycles. The molecule has 1 heterocycles. The molecule has 0 spiro atoms. The molecule has 0 unspecified atom stereocenters. The van der Waals surface area contributed by atoms with Crippen LogP contribution in [0.3, 0.4) is 0 Å². The van der Waals surface area contributed by atoms with Gasteiger partial charge in [-0.2, -0.15) is 4.80 Å². The highest BCUT2D eigenvalue weighted by molar-refractivity contribution is 4.90. The van der Waals surface area contributed by atoms with Crippen molar-refractivity contribution in [2.75, 3.05) is 13.2 Å². The summed E-state index contributed by atoms with van der Waals surface area (Å²) in [5, 5.41) is 30.3. The second-order valence-corrected chi connectivity index (χ2v) is 3.94. The Balaban J connectivity index is 2.73. The standard InChI is InChI=1S/C9H18N4O2/c1-3-4-9(6-14,7-15)5-8-10-12-13(2)11-8/h14-15H,3-7H2,1-2H3. The van der Waals surface area contributed by atoms with E-state index in [0.717, 1.165) is 12.8 Å². The Kier molecular flexibility index (Phi) is 4.16. The van der Waals surface area contributed by atoms with Crippen LogP contribution in [0.2, 0.25) is 0 Å². The molecule has 15 heavy (non-hydrogen) atoms. The maximum atomic E-state index is 9.33. The lowest BCUT2D eigenvalue weighted by atomic mass is 9.81. The molecule has 0 atom stereocenters. The Bertz CT molecular complexity index is 296. The van der Waals surface area contributed by atoms with Crippen LogP contribution in [-0.2, 0) is 13.5 Å². The van der Waals surface area contributed by atoms with Crippen LogP contribution in [0.4, 0.5) is 0 Å². The van der Waals surface area contributed by atoms with Gasteiger partial charge >= 0.3 is 0 Å². The molecule has 0 bridgehead atoms. The quantitative estimate of drug-likeness (QED) is 0.668. The molecule has 1 rings (SSSR count). The summed E-state index contributed by atoms with van der Waals surface area (Å²) >= 11 is 0. The summed E-state index contributed by atoms with van der Waals surface area (Å²) in [4.78, 5) is 1.38. The van der Waals surface area contributed by atoms with Gasteiger partial charge in [0.25, 0.3) is 0 Å². The molecular weight excluding hydrogens is 196 g/mol. The highest BCUT2D eigenvalue weighted by atomic mass is 16.3. The molecule has 0 saturated carbocycles. The minimum Gasteiger partial charge on any atom is -0.396 e. The normalized spacial score (nSPS) is 12.0. The Labute approximate surface area is 88.9 Å². The van der Waals surface area contributed by atoms with Crippen molar-refractivity contribution in [1.29, 1.82) is 0 Å². The van der Waals surface area contributed by atoms with E-state index in [4.69, 9.17) is 0 Å². The van der Waals surface area contributed by atoms with Gasteiger partial charge in [-0.25, -0.2) is 0 Å². The lowest BCUT2D eigenvalue weighted by molar-refractivity contribution is 0.0449. The smallest absolute Gasteiger partial charge is 0.175 e. The van der Waals surface area contributed by atoms with Gasteiger partial charge in [-0.05, 0) is 11.6 Å². The van der Waals surface area contributed by atoms with Gasteiger partial charge in [0.2, 0.25) is 0 Å². The van der Waals surface area contributed by atoms with Gasteiger partial charge in [-0.1, -0.05) is 13.3 Å². The molecule has 0 aliphatic heterocycles. The van der Waals surface area contributed by atoms with Gasteiger partial charge in [0.15, 0.2) is 5.82 Å². The van der Waals surface area contributed by atoms with E-state index >= 15 is 0 Å². The highest BCUT2D eigenvalue weighted by Crippen LogP contribution is 2.26. The zero-order chi connectivity index (χ0) is 11.3. The first-order valence-corrected chi connectivity index (χ1v) is 5.10. The number of rotatable bonds is 6. The number of aliphatic hydroxyl groups excluding tert-OH is 2. The van der Waals surface area contributed by atoms with Gasteiger partial charge in [-0.3, -0.25) is 0 Å². The largest absolute Gasteiger partial charge is 0.396 e. The number of tetrazole rings is 1. The summed E-state index contributed by atoms with van der Waals surface area (Å²) in [6, 6.07) is 0. The maximum Gasteiger partial charge on any atom is 0.175 e. The lowest BCUT2D eigenvalue weighted by Gasteiger charge is -2.27. The zero-order valence-electron chi connectivity index (χ0n) is 9.22. The first kappa shape index (κ1) is 12.1. The minimum absolute atomic E-state index is 0.0599. The SMILES string of the molecule is CCCC(CO)(CO)Cc1nnn(C)n1. The van der Waals surface area contributed by atoms with Crippen molar-refractivity contribution in [2.45, 2.75) is 26.2 Å². The van der Waals surface area contributed by atoms with Crippen LogP contribution in [0, 0.1) is 5.41 Å². The van der Waals surface area contributed by atoms with Crippen LogP contribution >= 0.6 is 0 Å². The third kappa shape index (κ3) is 2.97. The van der Waals surface area contributed by atoms with Crippen LogP contribution in [0.15, 0.2) is 0 Å². The fraction of sp³-hybridized carbons (Fsp3) is 0.889. The summed E-state index contributed by atoms with van der Waals surface area (Å²) in [5.74, 6) is 0.564. The van der Waals surface area contributed by atoms with Gasteiger partial charge < -0.3 is 10.2 Å². The van der Waals surface area contributed by atoms with E-state index in [1.807, 2.05) is 6.92 Å². The number of aliphatic hydroxyl groups is 2. The summed E-state index contributed by atoms with van der Waals surface area (Å²) in [7, 11) is 1.69. The molecule has 0 amide bonds. The third-order valence-electron chi connectivity index (χ3n) is 2.53. The number of hydrogen-bond acceptors (Lipinski definition) is 5. The molecule has 1 aromatic rings. The summed E-state index contributed by atoms with van der Waals surface area (Å²) in [6.45, 7) is 1.90. The summed E-state index contributed by atoms with van der Waals surface area (Å²) < 4.78 is 0. The predicted octanol–water partition coefficient (Wildman–Crippen LogP) is -0.476. The van der Waals surface area contributed by atoms with Crippen LogP contribution < -0.4 is 0 Å². The van der Waals surface area contributed by atoms with E-state index in [1.165, 1.54) is 4.80 Å². The minimum atomic E-state index is -0.516. The van der Waals surface area contributed by atoms with Gasteiger partial charge in [0, 0.05) is 11.8 Å². The second-order valence-electron chi connectivity index (χ2n) is 3.94. The molecule has 0 aliphatic rings. The molecule has 6 nitrogen and oxygen atoms in total. The van der Waals surface area contributed by atoms with Crippen molar-refractivity contribution in [1.82, 2.24) is 20.2 Å². The molecule has 0 radical (unpaired) electrons. The van der Waals surface area contributed by atoms with E-state index in [-0.39, 0.29) is 13.2 Å². The average Bonchev–Trinajstić information content (AvgIpc) is 2.63. The first-order valence-electron chi connectivity index (χ1n) is 5.10. The van der Waals surface area contributed by atoms with Crippen LogP contribution in [0.25, 0.3) is 0 Å². The zero-order valence-corrected chi connectivity index (χ0v) is 9.22. The van der Waals surface area contributed by atoms with E-state index < -0.39 is 5.41 Å². The molecule has 0 fully saturated rings. The van der Waals surface area contributed by atoms with Gasteiger partial charge in [0.05, 0.1) is 20.3 Å². The fourth-order valence-corrected chi connectivity index (χ4v) is 1.67. The number of aryl methyl sites for hydroxylation is 1. The van der Waals surface area contributed by atoms with E-state index in [2.05, 4.69) is 15.4 Å². The Morgan fingerprint density at radius 3 is 2.40 bits per heavy atom. The van der Waals surface area contributed by atoms with E-state index in [1.54, 1.807) is 7.05 Å². The van der Waals surface area contributed by atoms with Crippen LogP contribution in [0.1, 0.15) is 25.6 Å². The number of aromatic nitrogens is 4. The molecule has 6 heteroatoms. The highest BCUT2D eigenvalue weighted by Gasteiger charge is 2.30. The Morgan fingerprint density at radius 2 is 2.00 bits per heavy atom. The van der Waals surface area contributed by atoms with E-state index in [9.17, 15) is 10.2 Å². The summed E-state index contributed by atoms with van der Waals surface area (Å²) in [5.41, 5.74) is -0.516. The summed E-state index contributed by atoms with van der Waals surface area (Å²) in [6.07, 6.45) is 2.11. The monoisotopic (exact) mass is 214 g/mol. The van der Waals surface area contributed by atoms with Crippen molar-refractivity contribution >= 4 is 0 Å². The second kappa shape index (κ2) is 5.18. The number of hydrogen-bond donors (Lipinski definition) is 2. The van der Waals surface area contributed by atoms with Crippen molar-refractivity contribution < 1.29 is 10.2 Å². The predicted molar refractivity (Wildman–Crippen MR) is 54.0 cm³/mol. The average molecular weight is 214 g/mol. The molecule has 86 valence electrons. The molecule has 1 aromatic heterocycles. The molecule has 0 aromatic carbocycles. The molecule has 0 aliphatic carbocycles. The number of nitrogens with zero attached hydrogens (tertiary/aromatic N) is 4. The van der Waals surface area contributed by atoms with Crippen LogP contribution in [-0.4, -0.2) is 43.6 Å². The van der Waals surface area contributed by atoms with Gasteiger partial charge in [0.1, 0.15) is 0 Å².